The minimum absolute atomic E-state index is 0.223. The maximum atomic E-state index is 11.9. The third-order valence-electron chi connectivity index (χ3n) is 5.31. The Morgan fingerprint density at radius 1 is 1.56 bits per heavy atom. The van der Waals surface area contributed by atoms with Crippen LogP contribution in [-0.4, -0.2) is 33.1 Å². The monoisotopic (exact) mass is 268 g/mol. The topological polar surface area (TPSA) is 61.7 Å². The number of aliphatic hydroxyl groups excluding tert-OH is 1. The highest BCUT2D eigenvalue weighted by molar-refractivity contribution is 8.16. The summed E-state index contributed by atoms with van der Waals surface area (Å²) >= 11 is 1.37. The fourth-order valence-electron chi connectivity index (χ4n) is 3.21. The summed E-state index contributed by atoms with van der Waals surface area (Å²) in [4.78, 5) is 15.9. The summed E-state index contributed by atoms with van der Waals surface area (Å²) in [5.74, 6) is 0.639. The summed E-state index contributed by atoms with van der Waals surface area (Å²) in [6.45, 7) is 5.73. The third-order valence-corrected chi connectivity index (χ3v) is 6.65. The fourth-order valence-corrected chi connectivity index (χ4v) is 4.25. The first-order valence-corrected chi connectivity index (χ1v) is 7.44. The Labute approximate surface area is 112 Å². The maximum Gasteiger partial charge on any atom is 0.267 e. The van der Waals surface area contributed by atoms with Gasteiger partial charge in [0.05, 0.1) is 6.10 Å². The molecule has 1 unspecified atom stereocenters. The van der Waals surface area contributed by atoms with Gasteiger partial charge in [0.1, 0.15) is 4.75 Å². The molecule has 0 spiro atoms. The van der Waals surface area contributed by atoms with Crippen LogP contribution in [0.3, 0.4) is 0 Å². The van der Waals surface area contributed by atoms with Gasteiger partial charge in [0.25, 0.3) is 5.91 Å². The molecule has 2 aliphatic carbocycles. The minimum Gasteiger partial charge on any atom is -0.391 e. The summed E-state index contributed by atoms with van der Waals surface area (Å²) in [5, 5.41) is 13.8. The molecule has 0 radical (unpaired) electrons. The number of amides is 1. The summed E-state index contributed by atoms with van der Waals surface area (Å²) in [5.41, 5.74) is 0.413. The molecule has 0 aromatic rings. The number of hydrogen-bond donors (Lipinski definition) is 2. The van der Waals surface area contributed by atoms with E-state index in [4.69, 9.17) is 0 Å². The Kier molecular flexibility index (Phi) is 2.59. The van der Waals surface area contributed by atoms with Gasteiger partial charge in [-0.25, -0.2) is 0 Å². The summed E-state index contributed by atoms with van der Waals surface area (Å²) in [6, 6.07) is 0.451. The highest BCUT2D eigenvalue weighted by atomic mass is 32.2. The lowest BCUT2D eigenvalue weighted by Gasteiger charge is -2.62. The molecule has 1 heterocycles. The van der Waals surface area contributed by atoms with Crippen molar-refractivity contribution in [1.82, 2.24) is 5.32 Å². The van der Waals surface area contributed by atoms with Gasteiger partial charge in [0, 0.05) is 6.04 Å². The largest absolute Gasteiger partial charge is 0.391 e. The van der Waals surface area contributed by atoms with Gasteiger partial charge >= 0.3 is 0 Å². The van der Waals surface area contributed by atoms with Crippen molar-refractivity contribution in [3.05, 3.63) is 0 Å². The van der Waals surface area contributed by atoms with Crippen molar-refractivity contribution < 1.29 is 9.90 Å². The van der Waals surface area contributed by atoms with Gasteiger partial charge in [0.15, 0.2) is 5.17 Å². The van der Waals surface area contributed by atoms with Gasteiger partial charge < -0.3 is 10.4 Å². The van der Waals surface area contributed by atoms with E-state index in [0.29, 0.717) is 16.6 Å². The number of nitrogens with zero attached hydrogens (tertiary/aromatic N) is 1. The number of amidine groups is 1. The Bertz CT molecular complexity index is 437. The van der Waals surface area contributed by atoms with Crippen LogP contribution < -0.4 is 5.32 Å². The number of hydrogen-bond acceptors (Lipinski definition) is 4. The predicted octanol–water partition coefficient (Wildman–Crippen LogP) is 1.53. The second-order valence-electron chi connectivity index (χ2n) is 6.28. The van der Waals surface area contributed by atoms with Crippen molar-refractivity contribution in [3.8, 4) is 0 Å². The molecule has 5 atom stereocenters. The second-order valence-corrected chi connectivity index (χ2v) is 7.72. The number of nitrogens with one attached hydrogen (secondary N) is 1. The van der Waals surface area contributed by atoms with Crippen LogP contribution in [0.5, 0.6) is 0 Å². The quantitative estimate of drug-likeness (QED) is 0.797. The van der Waals surface area contributed by atoms with Crippen molar-refractivity contribution in [2.75, 3.05) is 0 Å². The van der Waals surface area contributed by atoms with Gasteiger partial charge in [-0.15, -0.1) is 0 Å². The van der Waals surface area contributed by atoms with Gasteiger partial charge in [-0.1, -0.05) is 18.7 Å². The third kappa shape index (κ3) is 1.50. The van der Waals surface area contributed by atoms with Gasteiger partial charge in [-0.3, -0.25) is 4.79 Å². The standard InChI is InChI=1S/C13H20N2O2S/c1-7(16)13(3)10(17)15-11(18-13)14-9-6-8-4-5-12(8,9)2/h7-9,16H,4-6H2,1-3H3,(H,14,15,17)/t7-,8-,9-,12?,13+/m0/s1. The molecule has 4 nitrogen and oxygen atoms in total. The van der Waals surface area contributed by atoms with E-state index in [1.807, 2.05) is 0 Å². The molecule has 5 heteroatoms. The Hall–Kier alpha value is -0.550. The molecule has 2 fully saturated rings. The fraction of sp³-hybridized carbons (Fsp3) is 0.846. The zero-order valence-electron chi connectivity index (χ0n) is 11.1. The van der Waals surface area contributed by atoms with E-state index in [1.165, 1.54) is 31.0 Å². The number of thioether (sulfide) groups is 1. The lowest BCUT2D eigenvalue weighted by molar-refractivity contribution is -0.121. The van der Waals surface area contributed by atoms with Gasteiger partial charge in [-0.05, 0) is 44.4 Å². The van der Waals surface area contributed by atoms with Crippen molar-refractivity contribution in [3.63, 3.8) is 0 Å². The zero-order valence-corrected chi connectivity index (χ0v) is 11.9. The van der Waals surface area contributed by atoms with E-state index in [2.05, 4.69) is 17.2 Å². The van der Waals surface area contributed by atoms with Gasteiger partial charge in [0.2, 0.25) is 0 Å². The van der Waals surface area contributed by atoms with Crippen LogP contribution in [0.4, 0.5) is 0 Å². The Morgan fingerprint density at radius 3 is 2.67 bits per heavy atom. The molecule has 0 saturated heterocycles. The molecule has 3 aliphatic rings. The number of aliphatic imine (C=N–C) groups is 1. The summed E-state index contributed by atoms with van der Waals surface area (Å²) in [6.07, 6.45) is 3.12. The minimum atomic E-state index is -0.813. The molecular weight excluding hydrogens is 248 g/mol. The number of fused-ring (bicyclic) bond motifs is 1. The molecule has 0 bridgehead atoms. The maximum absolute atomic E-state index is 11.9. The highest BCUT2D eigenvalue weighted by Gasteiger charge is 2.58. The van der Waals surface area contributed by atoms with Gasteiger partial charge in [-0.2, -0.15) is 4.99 Å². The van der Waals surface area contributed by atoms with Crippen molar-refractivity contribution in [2.45, 2.75) is 56.9 Å². The first-order valence-electron chi connectivity index (χ1n) is 6.63. The number of aliphatic hydroxyl groups is 1. The highest BCUT2D eigenvalue weighted by Crippen LogP contribution is 2.60. The SMILES string of the molecule is C[C@H](O)[C@@]1(C)SC(N[C@H]2C[C@@H]3CCC32C)=NC1=O. The normalized spacial score (nSPS) is 47.8. The first-order chi connectivity index (χ1) is 8.36. The van der Waals surface area contributed by atoms with E-state index < -0.39 is 10.9 Å². The van der Waals surface area contributed by atoms with Crippen LogP contribution in [-0.2, 0) is 4.79 Å². The second kappa shape index (κ2) is 3.73. The molecule has 0 aromatic heterocycles. The molecular formula is C13H20N2O2S. The Morgan fingerprint density at radius 2 is 2.28 bits per heavy atom. The van der Waals surface area contributed by atoms with E-state index in [0.717, 1.165) is 5.92 Å². The predicted molar refractivity (Wildman–Crippen MR) is 72.5 cm³/mol. The molecule has 0 aromatic carbocycles. The average molecular weight is 268 g/mol. The van der Waals surface area contributed by atoms with Crippen LogP contribution in [0, 0.1) is 11.3 Å². The van der Waals surface area contributed by atoms with Crippen LogP contribution >= 0.6 is 11.8 Å². The van der Waals surface area contributed by atoms with E-state index in [9.17, 15) is 9.90 Å². The van der Waals surface area contributed by atoms with E-state index >= 15 is 0 Å². The van der Waals surface area contributed by atoms with Crippen LogP contribution in [0.25, 0.3) is 0 Å². The van der Waals surface area contributed by atoms with Crippen LogP contribution in [0.2, 0.25) is 0 Å². The molecule has 2 saturated carbocycles. The Balaban J connectivity index is 1.66. The molecule has 3 rings (SSSR count). The lowest BCUT2D eigenvalue weighted by atomic mass is 9.46. The van der Waals surface area contributed by atoms with Crippen molar-refractivity contribution in [1.29, 1.82) is 0 Å². The molecule has 2 N–H and O–H groups in total. The summed E-state index contributed by atoms with van der Waals surface area (Å²) in [7, 11) is 0. The molecule has 1 amide bonds. The molecule has 1 aliphatic heterocycles. The average Bonchev–Trinajstić information content (AvgIpc) is 2.59. The van der Waals surface area contributed by atoms with E-state index in [-0.39, 0.29) is 5.91 Å². The van der Waals surface area contributed by atoms with Crippen LogP contribution in [0.15, 0.2) is 4.99 Å². The smallest absolute Gasteiger partial charge is 0.267 e. The lowest BCUT2D eigenvalue weighted by Crippen LogP contribution is -2.64. The van der Waals surface area contributed by atoms with Crippen molar-refractivity contribution in [2.24, 2.45) is 16.3 Å². The first kappa shape index (κ1) is 12.5. The summed E-state index contributed by atoms with van der Waals surface area (Å²) < 4.78 is -0.813. The molecule has 100 valence electrons. The number of rotatable bonds is 2. The number of carbonyl (C=O) groups is 1. The number of carbonyl (C=O) groups excluding carboxylic acids is 1. The van der Waals surface area contributed by atoms with E-state index in [1.54, 1.807) is 13.8 Å². The zero-order chi connectivity index (χ0) is 13.1. The molecule has 18 heavy (non-hydrogen) atoms. The van der Waals surface area contributed by atoms with Crippen LogP contribution in [0.1, 0.15) is 40.0 Å². The van der Waals surface area contributed by atoms with Crippen molar-refractivity contribution >= 4 is 22.8 Å².